The summed E-state index contributed by atoms with van der Waals surface area (Å²) < 4.78 is 0. The third-order valence-electron chi connectivity index (χ3n) is 13.9. The van der Waals surface area contributed by atoms with Crippen molar-refractivity contribution in [3.8, 4) is 0 Å². The number of thioether (sulfide) groups is 1. The van der Waals surface area contributed by atoms with Crippen LogP contribution in [0.2, 0.25) is 0 Å². The van der Waals surface area contributed by atoms with Crippen LogP contribution in [0.4, 0.5) is 0 Å². The molecule has 5 saturated carbocycles. The van der Waals surface area contributed by atoms with Crippen LogP contribution in [-0.4, -0.2) is 33.5 Å². The molecule has 0 spiro atoms. The standard InChI is InChI=1S/C36H59N3OS/c1-24(2)12-11-13-25(3)27-17-18-30-35(27,5)21-19-31-34(4)20-10-9-16-28(34)29(22-36(30,31)6)37-38-33-39(32(40)23-41-33)26-14-7-8-15-26/h24-28,30-31H,7-23H2,1-6H3/b37-29-,38-33-/t25-,27-,28-,30-,31-,34+,35-,36+/m1/s1. The second-order valence-corrected chi connectivity index (χ2v) is 17.5. The van der Waals surface area contributed by atoms with Gasteiger partial charge in [-0.1, -0.05) is 98.3 Å². The van der Waals surface area contributed by atoms with E-state index in [0.717, 1.165) is 54.0 Å². The SMILES string of the molecule is CC(C)CCC[C@@H](C)[C@H]1CC[C@H]2[C@]3(C)C/C(=N/N=C4\SCC(=O)N4C4CCCC4)[C@H]4CCCC[C@]4(C)[C@H]3CC[C@@]21C. The van der Waals surface area contributed by atoms with E-state index in [0.29, 0.717) is 34.0 Å². The summed E-state index contributed by atoms with van der Waals surface area (Å²) in [5.41, 5.74) is 2.51. The van der Waals surface area contributed by atoms with Crippen LogP contribution in [0.5, 0.6) is 0 Å². The largest absolute Gasteiger partial charge is 0.286 e. The van der Waals surface area contributed by atoms with E-state index in [4.69, 9.17) is 10.2 Å². The summed E-state index contributed by atoms with van der Waals surface area (Å²) in [4.78, 5) is 14.9. The molecule has 0 aromatic heterocycles. The summed E-state index contributed by atoms with van der Waals surface area (Å²) in [5.74, 6) is 5.48. The molecule has 0 N–H and O–H groups in total. The van der Waals surface area contributed by atoms with Crippen LogP contribution >= 0.6 is 11.8 Å². The molecule has 6 aliphatic rings. The minimum atomic E-state index is 0.251. The molecule has 0 bridgehead atoms. The van der Waals surface area contributed by atoms with Crippen molar-refractivity contribution < 1.29 is 4.79 Å². The number of carbonyl (C=O) groups is 1. The first-order valence-corrected chi connectivity index (χ1v) is 18.7. The number of amides is 1. The van der Waals surface area contributed by atoms with Crippen molar-refractivity contribution in [2.75, 3.05) is 5.75 Å². The number of fused-ring (bicyclic) bond motifs is 5. The van der Waals surface area contributed by atoms with E-state index in [1.165, 1.54) is 89.2 Å². The number of hydrogen-bond donors (Lipinski definition) is 0. The van der Waals surface area contributed by atoms with E-state index in [2.05, 4.69) is 41.5 Å². The van der Waals surface area contributed by atoms with Gasteiger partial charge in [-0.15, -0.1) is 5.10 Å². The Balaban J connectivity index is 1.29. The van der Waals surface area contributed by atoms with Gasteiger partial charge in [0.1, 0.15) is 0 Å². The Bertz CT molecular complexity index is 1050. The lowest BCUT2D eigenvalue weighted by atomic mass is 9.39. The molecule has 0 aromatic rings. The third kappa shape index (κ3) is 5.18. The molecular weight excluding hydrogens is 522 g/mol. The molecule has 1 amide bonds. The zero-order chi connectivity index (χ0) is 29.0. The Kier molecular flexibility index (Phi) is 8.53. The average molecular weight is 582 g/mol. The predicted octanol–water partition coefficient (Wildman–Crippen LogP) is 9.73. The lowest BCUT2D eigenvalue weighted by Gasteiger charge is -2.65. The van der Waals surface area contributed by atoms with Crippen LogP contribution in [0.1, 0.15) is 144 Å². The van der Waals surface area contributed by atoms with Gasteiger partial charge >= 0.3 is 0 Å². The molecular formula is C36H59N3OS. The van der Waals surface area contributed by atoms with Crippen molar-refractivity contribution in [1.82, 2.24) is 4.90 Å². The van der Waals surface area contributed by atoms with Crippen LogP contribution in [0.3, 0.4) is 0 Å². The maximum absolute atomic E-state index is 12.9. The molecule has 5 heteroatoms. The molecule has 5 aliphatic carbocycles. The quantitative estimate of drug-likeness (QED) is 0.281. The van der Waals surface area contributed by atoms with Gasteiger partial charge in [-0.05, 0) is 104 Å². The molecule has 8 atom stereocenters. The van der Waals surface area contributed by atoms with Gasteiger partial charge in [-0.3, -0.25) is 9.69 Å². The highest BCUT2D eigenvalue weighted by Crippen LogP contribution is 2.72. The molecule has 1 saturated heterocycles. The first-order chi connectivity index (χ1) is 19.6. The van der Waals surface area contributed by atoms with Crippen molar-refractivity contribution in [1.29, 1.82) is 0 Å². The van der Waals surface area contributed by atoms with E-state index < -0.39 is 0 Å². The van der Waals surface area contributed by atoms with Crippen LogP contribution in [0, 0.1) is 51.8 Å². The highest BCUT2D eigenvalue weighted by molar-refractivity contribution is 8.15. The molecule has 4 nitrogen and oxygen atoms in total. The van der Waals surface area contributed by atoms with Gasteiger partial charge in [0.25, 0.3) is 0 Å². The lowest BCUT2D eigenvalue weighted by molar-refractivity contribution is -0.134. The molecule has 6 fully saturated rings. The van der Waals surface area contributed by atoms with Crippen molar-refractivity contribution >= 4 is 28.5 Å². The number of carbonyl (C=O) groups excluding carboxylic acids is 1. The van der Waals surface area contributed by atoms with Crippen molar-refractivity contribution in [3.63, 3.8) is 0 Å². The molecule has 0 unspecified atom stereocenters. The third-order valence-corrected chi connectivity index (χ3v) is 14.8. The van der Waals surface area contributed by atoms with Gasteiger partial charge in [0.05, 0.1) is 5.75 Å². The van der Waals surface area contributed by atoms with Gasteiger partial charge in [0, 0.05) is 17.7 Å². The minimum absolute atomic E-state index is 0.251. The number of nitrogens with zero attached hydrogens (tertiary/aromatic N) is 3. The Morgan fingerprint density at radius 1 is 0.829 bits per heavy atom. The number of hydrogen-bond acceptors (Lipinski definition) is 4. The number of amidine groups is 1. The van der Waals surface area contributed by atoms with E-state index in [1.54, 1.807) is 11.8 Å². The normalized spacial score (nSPS) is 44.1. The summed E-state index contributed by atoms with van der Waals surface area (Å²) in [5, 5.41) is 11.1. The molecule has 0 radical (unpaired) electrons. The topological polar surface area (TPSA) is 45.0 Å². The summed E-state index contributed by atoms with van der Waals surface area (Å²) >= 11 is 1.63. The minimum Gasteiger partial charge on any atom is -0.286 e. The van der Waals surface area contributed by atoms with Crippen LogP contribution < -0.4 is 0 Å². The van der Waals surface area contributed by atoms with E-state index in [-0.39, 0.29) is 5.91 Å². The average Bonchev–Trinajstić information content (AvgIpc) is 3.65. The Morgan fingerprint density at radius 3 is 2.32 bits per heavy atom. The number of rotatable bonds is 7. The lowest BCUT2D eigenvalue weighted by Crippen LogP contribution is -2.61. The van der Waals surface area contributed by atoms with E-state index in [1.807, 2.05) is 4.90 Å². The Hall–Kier alpha value is -0.840. The monoisotopic (exact) mass is 581 g/mol. The Labute approximate surface area is 255 Å². The van der Waals surface area contributed by atoms with Gasteiger partial charge in [-0.2, -0.15) is 5.10 Å². The maximum Gasteiger partial charge on any atom is 0.239 e. The van der Waals surface area contributed by atoms with Crippen LogP contribution in [-0.2, 0) is 4.79 Å². The van der Waals surface area contributed by atoms with E-state index >= 15 is 0 Å². The zero-order valence-corrected chi connectivity index (χ0v) is 28.0. The first kappa shape index (κ1) is 30.2. The van der Waals surface area contributed by atoms with E-state index in [9.17, 15) is 4.79 Å². The molecule has 230 valence electrons. The Morgan fingerprint density at radius 2 is 1.56 bits per heavy atom. The fourth-order valence-electron chi connectivity index (χ4n) is 12.1. The molecule has 1 heterocycles. The van der Waals surface area contributed by atoms with Gasteiger partial charge in [0.15, 0.2) is 5.17 Å². The zero-order valence-electron chi connectivity index (χ0n) is 27.2. The molecule has 41 heavy (non-hydrogen) atoms. The predicted molar refractivity (Wildman–Crippen MR) is 174 cm³/mol. The molecule has 0 aromatic carbocycles. The molecule has 6 rings (SSSR count). The summed E-state index contributed by atoms with van der Waals surface area (Å²) in [6.45, 7) is 15.4. The van der Waals surface area contributed by atoms with Crippen molar-refractivity contribution in [2.24, 2.45) is 62.0 Å². The molecule has 1 aliphatic heterocycles. The van der Waals surface area contributed by atoms with Crippen LogP contribution in [0.15, 0.2) is 10.2 Å². The second-order valence-electron chi connectivity index (χ2n) is 16.6. The first-order valence-electron chi connectivity index (χ1n) is 17.7. The van der Waals surface area contributed by atoms with Crippen molar-refractivity contribution in [3.05, 3.63) is 0 Å². The highest BCUT2D eigenvalue weighted by Gasteiger charge is 2.66. The second kappa shape index (κ2) is 11.6. The highest BCUT2D eigenvalue weighted by atomic mass is 32.2. The smallest absolute Gasteiger partial charge is 0.239 e. The summed E-state index contributed by atoms with van der Waals surface area (Å²) in [7, 11) is 0. The summed E-state index contributed by atoms with van der Waals surface area (Å²) in [6, 6.07) is 0.349. The van der Waals surface area contributed by atoms with Crippen LogP contribution in [0.25, 0.3) is 0 Å². The van der Waals surface area contributed by atoms with Gasteiger partial charge in [0.2, 0.25) is 5.91 Å². The maximum atomic E-state index is 12.9. The van der Waals surface area contributed by atoms with Gasteiger partial charge < -0.3 is 0 Å². The fraction of sp³-hybridized carbons (Fsp3) is 0.917. The summed E-state index contributed by atoms with van der Waals surface area (Å²) in [6.07, 6.45) is 21.0. The fourth-order valence-corrected chi connectivity index (χ4v) is 12.9. The van der Waals surface area contributed by atoms with Crippen molar-refractivity contribution in [2.45, 2.75) is 150 Å². The van der Waals surface area contributed by atoms with Gasteiger partial charge in [-0.25, -0.2) is 0 Å².